The van der Waals surface area contributed by atoms with Crippen LogP contribution in [0.15, 0.2) is 66.9 Å². The molecule has 26 heavy (non-hydrogen) atoms. The lowest BCUT2D eigenvalue weighted by atomic mass is 10.1. The summed E-state index contributed by atoms with van der Waals surface area (Å²) in [5, 5.41) is 1.96. The van der Waals surface area contributed by atoms with Crippen molar-refractivity contribution in [2.24, 2.45) is 0 Å². The van der Waals surface area contributed by atoms with Crippen LogP contribution in [-0.2, 0) is 4.79 Å². The summed E-state index contributed by atoms with van der Waals surface area (Å²) in [6, 6.07) is 19.5. The molecule has 2 aromatic carbocycles. The van der Waals surface area contributed by atoms with Crippen molar-refractivity contribution in [1.29, 1.82) is 0 Å². The van der Waals surface area contributed by atoms with E-state index in [1.165, 1.54) is 13.8 Å². The normalized spacial score (nSPS) is 11.0. The predicted molar refractivity (Wildman–Crippen MR) is 102 cm³/mol. The minimum Gasteiger partial charge on any atom is -0.424 e. The van der Waals surface area contributed by atoms with Crippen LogP contribution in [0.4, 0.5) is 0 Å². The molecule has 4 aromatic rings. The smallest absolute Gasteiger partial charge is 0.308 e. The average Bonchev–Trinajstić information content (AvgIpc) is 2.96. The largest absolute Gasteiger partial charge is 0.424 e. The Morgan fingerprint density at radius 3 is 2.27 bits per heavy atom. The fraction of sp³-hybridized carbons (Fsp3) is 0.0909. The monoisotopic (exact) mass is 343 g/mol. The summed E-state index contributed by atoms with van der Waals surface area (Å²) >= 11 is 0. The minimum atomic E-state index is -0.454. The number of rotatable bonds is 3. The highest BCUT2D eigenvalue weighted by Crippen LogP contribution is 2.41. The second-order valence-electron chi connectivity index (χ2n) is 6.19. The van der Waals surface area contributed by atoms with Gasteiger partial charge in [-0.05, 0) is 18.4 Å². The van der Waals surface area contributed by atoms with Gasteiger partial charge in [-0.15, -0.1) is 0 Å². The molecular weight excluding hydrogens is 326 g/mol. The Kier molecular flexibility index (Phi) is 3.81. The number of nitrogens with zero attached hydrogens (tertiary/aromatic N) is 1. The maximum atomic E-state index is 12.5. The van der Waals surface area contributed by atoms with Crippen molar-refractivity contribution < 1.29 is 14.3 Å². The summed E-state index contributed by atoms with van der Waals surface area (Å²) in [5.41, 5.74) is 2.76. The lowest BCUT2D eigenvalue weighted by molar-refractivity contribution is -0.131. The Hall–Kier alpha value is -3.40. The summed E-state index contributed by atoms with van der Waals surface area (Å²) in [6.07, 6.45) is 1.92. The fourth-order valence-corrected chi connectivity index (χ4v) is 3.43. The first-order valence-corrected chi connectivity index (χ1v) is 8.38. The number of carbonyl (C=O) groups excluding carboxylic acids is 2. The van der Waals surface area contributed by atoms with Crippen LogP contribution in [0, 0.1) is 0 Å². The zero-order valence-electron chi connectivity index (χ0n) is 14.5. The van der Waals surface area contributed by atoms with E-state index < -0.39 is 5.97 Å². The van der Waals surface area contributed by atoms with E-state index in [0.717, 1.165) is 21.9 Å². The highest BCUT2D eigenvalue weighted by molar-refractivity contribution is 6.14. The molecule has 0 saturated carbocycles. The highest BCUT2D eigenvalue weighted by Gasteiger charge is 2.26. The molecule has 0 fully saturated rings. The average molecular weight is 343 g/mol. The molecule has 0 aliphatic heterocycles. The lowest BCUT2D eigenvalue weighted by Gasteiger charge is -2.07. The van der Waals surface area contributed by atoms with E-state index in [9.17, 15) is 9.59 Å². The van der Waals surface area contributed by atoms with Crippen LogP contribution in [0.5, 0.6) is 5.75 Å². The molecule has 0 spiro atoms. The summed E-state index contributed by atoms with van der Waals surface area (Å²) < 4.78 is 7.48. The van der Waals surface area contributed by atoms with Crippen molar-refractivity contribution in [1.82, 2.24) is 4.40 Å². The van der Waals surface area contributed by atoms with Gasteiger partial charge < -0.3 is 9.14 Å². The lowest BCUT2D eigenvalue weighted by Crippen LogP contribution is -2.05. The van der Waals surface area contributed by atoms with Crippen LogP contribution in [0.25, 0.3) is 27.5 Å². The van der Waals surface area contributed by atoms with Crippen LogP contribution < -0.4 is 4.74 Å². The van der Waals surface area contributed by atoms with E-state index in [1.54, 1.807) is 0 Å². The van der Waals surface area contributed by atoms with Gasteiger partial charge in [0.1, 0.15) is 0 Å². The molecular formula is C22H17NO3. The third-order valence-electron chi connectivity index (χ3n) is 4.42. The van der Waals surface area contributed by atoms with Gasteiger partial charge in [-0.2, -0.15) is 0 Å². The first-order chi connectivity index (χ1) is 12.6. The summed E-state index contributed by atoms with van der Waals surface area (Å²) in [4.78, 5) is 24.3. The van der Waals surface area contributed by atoms with E-state index in [0.29, 0.717) is 17.0 Å². The Bertz CT molecular complexity index is 1160. The van der Waals surface area contributed by atoms with E-state index in [2.05, 4.69) is 0 Å². The Labute approximate surface area is 150 Å². The molecule has 0 saturated heterocycles. The van der Waals surface area contributed by atoms with Crippen molar-refractivity contribution in [2.45, 2.75) is 13.8 Å². The molecule has 0 radical (unpaired) electrons. The van der Waals surface area contributed by atoms with Crippen molar-refractivity contribution in [2.75, 3.05) is 0 Å². The molecule has 0 N–H and O–H groups in total. The Morgan fingerprint density at radius 1 is 0.885 bits per heavy atom. The second-order valence-corrected chi connectivity index (χ2v) is 6.19. The number of hydrogen-bond acceptors (Lipinski definition) is 3. The standard InChI is InChI=1S/C22H17NO3/c1-14(24)19-21-18-11-7-6-8-16(18)12-13-23(21)20(22(19)26-15(2)25)17-9-4-3-5-10-17/h3-13H,1-2H3. The van der Waals surface area contributed by atoms with Crippen LogP contribution in [0.1, 0.15) is 24.2 Å². The number of carbonyl (C=O) groups is 2. The van der Waals surface area contributed by atoms with Gasteiger partial charge in [0.15, 0.2) is 11.5 Å². The van der Waals surface area contributed by atoms with Crippen LogP contribution >= 0.6 is 0 Å². The molecule has 0 bridgehead atoms. The van der Waals surface area contributed by atoms with Gasteiger partial charge in [0.25, 0.3) is 0 Å². The number of pyridine rings is 1. The Balaban J connectivity index is 2.23. The van der Waals surface area contributed by atoms with Crippen molar-refractivity contribution >= 4 is 28.0 Å². The molecule has 0 unspecified atom stereocenters. The number of ether oxygens (including phenoxy) is 1. The van der Waals surface area contributed by atoms with Gasteiger partial charge in [0, 0.05) is 24.1 Å². The maximum absolute atomic E-state index is 12.5. The fourth-order valence-electron chi connectivity index (χ4n) is 3.43. The van der Waals surface area contributed by atoms with Gasteiger partial charge in [0.05, 0.1) is 16.8 Å². The topological polar surface area (TPSA) is 47.8 Å². The Morgan fingerprint density at radius 2 is 1.58 bits per heavy atom. The molecule has 4 rings (SSSR count). The quantitative estimate of drug-likeness (QED) is 0.393. The van der Waals surface area contributed by atoms with Crippen LogP contribution in [0.3, 0.4) is 0 Å². The molecule has 0 amide bonds. The first-order valence-electron chi connectivity index (χ1n) is 8.38. The van der Waals surface area contributed by atoms with E-state index in [4.69, 9.17) is 4.74 Å². The number of fused-ring (bicyclic) bond motifs is 3. The molecule has 128 valence electrons. The summed E-state index contributed by atoms with van der Waals surface area (Å²) in [5.74, 6) is -0.283. The van der Waals surface area contributed by atoms with Crippen molar-refractivity contribution in [3.8, 4) is 17.0 Å². The zero-order chi connectivity index (χ0) is 18.3. The van der Waals surface area contributed by atoms with E-state index in [-0.39, 0.29) is 5.78 Å². The number of aromatic nitrogens is 1. The molecule has 4 heteroatoms. The second kappa shape index (κ2) is 6.15. The maximum Gasteiger partial charge on any atom is 0.308 e. The minimum absolute atomic E-state index is 0.141. The van der Waals surface area contributed by atoms with Gasteiger partial charge in [-0.25, -0.2) is 0 Å². The summed E-state index contributed by atoms with van der Waals surface area (Å²) in [6.45, 7) is 2.85. The van der Waals surface area contributed by atoms with Gasteiger partial charge >= 0.3 is 5.97 Å². The molecule has 0 atom stereocenters. The van der Waals surface area contributed by atoms with Crippen LogP contribution in [0.2, 0.25) is 0 Å². The first kappa shape index (κ1) is 16.1. The number of ketones is 1. The third-order valence-corrected chi connectivity index (χ3v) is 4.42. The van der Waals surface area contributed by atoms with Gasteiger partial charge in [0.2, 0.25) is 0 Å². The van der Waals surface area contributed by atoms with Crippen molar-refractivity contribution in [3.63, 3.8) is 0 Å². The third kappa shape index (κ3) is 2.47. The van der Waals surface area contributed by atoms with Crippen molar-refractivity contribution in [3.05, 3.63) is 72.4 Å². The van der Waals surface area contributed by atoms with E-state index in [1.807, 2.05) is 71.3 Å². The van der Waals surface area contributed by atoms with Gasteiger partial charge in [-0.1, -0.05) is 54.6 Å². The number of esters is 1. The van der Waals surface area contributed by atoms with Crippen LogP contribution in [-0.4, -0.2) is 16.2 Å². The van der Waals surface area contributed by atoms with E-state index >= 15 is 0 Å². The zero-order valence-corrected chi connectivity index (χ0v) is 14.5. The molecule has 0 aliphatic rings. The molecule has 4 nitrogen and oxygen atoms in total. The molecule has 2 aromatic heterocycles. The number of benzene rings is 2. The van der Waals surface area contributed by atoms with Gasteiger partial charge in [-0.3, -0.25) is 9.59 Å². The molecule has 2 heterocycles. The molecule has 0 aliphatic carbocycles. The SMILES string of the molecule is CC(=O)Oc1c(C(C)=O)c2c3ccccc3ccn2c1-c1ccccc1. The predicted octanol–water partition coefficient (Wildman–Crippen LogP) is 4.89. The highest BCUT2D eigenvalue weighted by atomic mass is 16.5. The number of Topliss-reactive ketones (excluding diaryl/α,β-unsaturated/α-hetero) is 1. The summed E-state index contributed by atoms with van der Waals surface area (Å²) in [7, 11) is 0. The number of hydrogen-bond donors (Lipinski definition) is 0.